The summed E-state index contributed by atoms with van der Waals surface area (Å²) in [5, 5.41) is 22.4. The van der Waals surface area contributed by atoms with Crippen LogP contribution in [0.1, 0.15) is 40.7 Å². The lowest BCUT2D eigenvalue weighted by molar-refractivity contribution is -0.139. The number of nitrogens with one attached hydrogen (secondary N) is 3. The van der Waals surface area contributed by atoms with Crippen LogP contribution in [0, 0.1) is 0 Å². The highest BCUT2D eigenvalue weighted by Crippen LogP contribution is 2.38. The van der Waals surface area contributed by atoms with Crippen LogP contribution in [0.3, 0.4) is 0 Å². The molecule has 0 saturated carbocycles. The molecule has 7 nitrogen and oxygen atoms in total. The predicted molar refractivity (Wildman–Crippen MR) is 122 cm³/mol. The summed E-state index contributed by atoms with van der Waals surface area (Å²) in [5.41, 5.74) is 8.51. The lowest BCUT2D eigenvalue weighted by Crippen LogP contribution is -2.44. The SMILES string of the molecule is O=C(Nc1c2c(cc3c1CCC3)CCC2)NC(Cc1cccc(-c2cc[nH]n2)c1)C(=O)O. The van der Waals surface area contributed by atoms with Gasteiger partial charge in [-0.3, -0.25) is 5.10 Å². The minimum atomic E-state index is -1.06. The van der Waals surface area contributed by atoms with Crippen molar-refractivity contribution in [1.29, 1.82) is 0 Å². The molecule has 0 fully saturated rings. The Hall–Kier alpha value is -3.61. The van der Waals surface area contributed by atoms with Crippen LogP contribution in [0.4, 0.5) is 10.5 Å². The lowest BCUT2D eigenvalue weighted by atomic mass is 9.99. The summed E-state index contributed by atoms with van der Waals surface area (Å²) in [6.45, 7) is 0. The van der Waals surface area contributed by atoms with Gasteiger partial charge in [-0.15, -0.1) is 0 Å². The molecule has 1 aromatic heterocycles. The van der Waals surface area contributed by atoms with Gasteiger partial charge in [-0.2, -0.15) is 5.10 Å². The van der Waals surface area contributed by atoms with Crippen LogP contribution >= 0.6 is 0 Å². The fourth-order valence-corrected chi connectivity index (χ4v) is 4.99. The van der Waals surface area contributed by atoms with Crippen LogP contribution in [-0.2, 0) is 36.9 Å². The number of hydrogen-bond acceptors (Lipinski definition) is 3. The molecule has 2 aromatic carbocycles. The summed E-state index contributed by atoms with van der Waals surface area (Å²) in [4.78, 5) is 24.8. The number of carboxylic acid groups (broad SMARTS) is 1. The van der Waals surface area contributed by atoms with Crippen molar-refractivity contribution < 1.29 is 14.7 Å². The first-order valence-electron chi connectivity index (χ1n) is 11.1. The van der Waals surface area contributed by atoms with Crippen molar-refractivity contribution >= 4 is 17.7 Å². The van der Waals surface area contributed by atoms with Gasteiger partial charge in [-0.05, 0) is 78.5 Å². The van der Waals surface area contributed by atoms with Crippen molar-refractivity contribution in [2.75, 3.05) is 5.32 Å². The summed E-state index contributed by atoms with van der Waals surface area (Å²) < 4.78 is 0. The Morgan fingerprint density at radius 1 is 1.03 bits per heavy atom. The fraction of sp³-hybridized carbons (Fsp3) is 0.320. The van der Waals surface area contributed by atoms with Crippen LogP contribution < -0.4 is 10.6 Å². The highest BCUT2D eigenvalue weighted by atomic mass is 16.4. The number of urea groups is 1. The molecular weight excluding hydrogens is 404 g/mol. The highest BCUT2D eigenvalue weighted by molar-refractivity contribution is 5.94. The van der Waals surface area contributed by atoms with E-state index in [1.165, 1.54) is 22.3 Å². The number of carbonyl (C=O) groups is 2. The van der Waals surface area contributed by atoms with E-state index in [0.717, 1.165) is 61.0 Å². The maximum Gasteiger partial charge on any atom is 0.326 e. The van der Waals surface area contributed by atoms with Gasteiger partial charge in [-0.25, -0.2) is 9.59 Å². The third-order valence-corrected chi connectivity index (χ3v) is 6.48. The molecule has 3 aromatic rings. The number of rotatable bonds is 6. The topological polar surface area (TPSA) is 107 Å². The van der Waals surface area contributed by atoms with Gasteiger partial charge in [-0.1, -0.05) is 24.3 Å². The zero-order valence-electron chi connectivity index (χ0n) is 17.8. The van der Waals surface area contributed by atoms with E-state index in [1.807, 2.05) is 30.3 Å². The minimum Gasteiger partial charge on any atom is -0.480 e. The molecule has 4 N–H and O–H groups in total. The zero-order valence-corrected chi connectivity index (χ0v) is 17.8. The summed E-state index contributed by atoms with van der Waals surface area (Å²) in [7, 11) is 0. The molecule has 0 radical (unpaired) electrons. The van der Waals surface area contributed by atoms with E-state index in [0.29, 0.717) is 0 Å². The van der Waals surface area contributed by atoms with Gasteiger partial charge in [0.25, 0.3) is 0 Å². The summed E-state index contributed by atoms with van der Waals surface area (Å²) in [6, 6.07) is 10.2. The fourth-order valence-electron chi connectivity index (χ4n) is 4.99. The van der Waals surface area contributed by atoms with Crippen molar-refractivity contribution in [3.8, 4) is 11.3 Å². The third-order valence-electron chi connectivity index (χ3n) is 6.48. The van der Waals surface area contributed by atoms with Gasteiger partial charge in [0.05, 0.1) is 5.69 Å². The van der Waals surface area contributed by atoms with Gasteiger partial charge in [0.2, 0.25) is 0 Å². The van der Waals surface area contributed by atoms with Gasteiger partial charge in [0.15, 0.2) is 0 Å². The van der Waals surface area contributed by atoms with Gasteiger partial charge < -0.3 is 15.7 Å². The Bertz CT molecular complexity index is 1140. The van der Waals surface area contributed by atoms with E-state index in [1.54, 1.807) is 6.20 Å². The van der Waals surface area contributed by atoms with E-state index < -0.39 is 18.0 Å². The summed E-state index contributed by atoms with van der Waals surface area (Å²) >= 11 is 0. The Labute approximate surface area is 186 Å². The first kappa shape index (κ1) is 20.3. The number of anilines is 1. The van der Waals surface area contributed by atoms with Crippen LogP contribution in [-0.4, -0.2) is 33.3 Å². The quantitative estimate of drug-likeness (QED) is 0.476. The summed E-state index contributed by atoms with van der Waals surface area (Å²) in [6.07, 6.45) is 8.13. The number of aromatic amines is 1. The Morgan fingerprint density at radius 3 is 2.44 bits per heavy atom. The molecule has 1 heterocycles. The summed E-state index contributed by atoms with van der Waals surface area (Å²) in [5.74, 6) is -1.06. The van der Waals surface area contributed by atoms with Crippen LogP contribution in [0.5, 0.6) is 0 Å². The van der Waals surface area contributed by atoms with Crippen LogP contribution in [0.2, 0.25) is 0 Å². The molecule has 32 heavy (non-hydrogen) atoms. The van der Waals surface area contributed by atoms with Gasteiger partial charge in [0.1, 0.15) is 6.04 Å². The van der Waals surface area contributed by atoms with E-state index in [4.69, 9.17) is 0 Å². The number of amides is 2. The normalized spacial score (nSPS) is 15.1. The molecule has 2 amide bonds. The smallest absolute Gasteiger partial charge is 0.326 e. The van der Waals surface area contributed by atoms with Crippen LogP contribution in [0.25, 0.3) is 11.3 Å². The molecule has 0 bridgehead atoms. The molecule has 2 aliphatic carbocycles. The average Bonchev–Trinajstić information content (AvgIpc) is 3.54. The maximum atomic E-state index is 12.9. The van der Waals surface area contributed by atoms with Crippen LogP contribution in [0.15, 0.2) is 42.6 Å². The van der Waals surface area contributed by atoms with Crippen molar-refractivity contribution in [1.82, 2.24) is 15.5 Å². The number of carboxylic acids is 1. The zero-order chi connectivity index (χ0) is 22.1. The molecule has 2 aliphatic rings. The first-order chi connectivity index (χ1) is 15.6. The number of hydrogen-bond donors (Lipinski definition) is 4. The number of carbonyl (C=O) groups excluding carboxylic acids is 1. The van der Waals surface area contributed by atoms with Gasteiger partial charge in [0, 0.05) is 23.9 Å². The lowest BCUT2D eigenvalue weighted by Gasteiger charge is -2.19. The first-order valence-corrected chi connectivity index (χ1v) is 11.1. The number of nitrogens with zero attached hydrogens (tertiary/aromatic N) is 1. The second-order valence-electron chi connectivity index (χ2n) is 8.59. The molecular formula is C25H26N4O3. The number of benzene rings is 2. The molecule has 0 spiro atoms. The minimum absolute atomic E-state index is 0.187. The Morgan fingerprint density at radius 2 is 1.78 bits per heavy atom. The van der Waals surface area contributed by atoms with E-state index in [2.05, 4.69) is 26.9 Å². The average molecular weight is 431 g/mol. The molecule has 1 unspecified atom stereocenters. The van der Waals surface area contributed by atoms with E-state index in [-0.39, 0.29) is 6.42 Å². The number of H-pyrrole nitrogens is 1. The number of aliphatic carboxylic acids is 1. The van der Waals surface area contributed by atoms with E-state index >= 15 is 0 Å². The van der Waals surface area contributed by atoms with Crippen molar-refractivity contribution in [3.05, 3.63) is 70.4 Å². The van der Waals surface area contributed by atoms with Crippen molar-refractivity contribution in [2.24, 2.45) is 0 Å². The number of aromatic nitrogens is 2. The largest absolute Gasteiger partial charge is 0.480 e. The monoisotopic (exact) mass is 430 g/mol. The Balaban J connectivity index is 1.32. The van der Waals surface area contributed by atoms with E-state index in [9.17, 15) is 14.7 Å². The third kappa shape index (κ3) is 3.98. The highest BCUT2D eigenvalue weighted by Gasteiger charge is 2.26. The molecule has 0 saturated heterocycles. The van der Waals surface area contributed by atoms with Gasteiger partial charge >= 0.3 is 12.0 Å². The second-order valence-corrected chi connectivity index (χ2v) is 8.59. The molecule has 5 rings (SSSR count). The standard InChI is InChI=1S/C25H26N4O3/c30-24(31)22(13-15-4-1-7-18(12-15)21-10-11-26-29-21)27-25(32)28-23-19-8-2-5-16(19)14-17-6-3-9-20(17)23/h1,4,7,10-12,14,22H,2-3,5-6,8-9,13H2,(H,26,29)(H,30,31)(H2,27,28,32). The maximum absolute atomic E-state index is 12.9. The number of fused-ring (bicyclic) bond motifs is 2. The number of aryl methyl sites for hydroxylation is 2. The molecule has 164 valence electrons. The molecule has 0 aliphatic heterocycles. The second kappa shape index (κ2) is 8.49. The van der Waals surface area contributed by atoms with Crippen molar-refractivity contribution in [3.63, 3.8) is 0 Å². The predicted octanol–water partition coefficient (Wildman–Crippen LogP) is 3.87. The molecule has 7 heteroatoms. The Kier molecular flexibility index (Phi) is 5.39. The molecule has 1 atom stereocenters. The van der Waals surface area contributed by atoms with Crippen molar-refractivity contribution in [2.45, 2.75) is 51.0 Å².